The maximum absolute atomic E-state index is 13.5. The first kappa shape index (κ1) is 18.0. The molecule has 5 rings (SSSR count). The number of alkyl halides is 2. The molecule has 0 fully saturated rings. The lowest BCUT2D eigenvalue weighted by molar-refractivity contribution is -0.286. The van der Waals surface area contributed by atoms with Crippen molar-refractivity contribution in [1.82, 2.24) is 24.5 Å². The summed E-state index contributed by atoms with van der Waals surface area (Å²) in [5.74, 6) is -0.278. The molecule has 1 aromatic carbocycles. The maximum Gasteiger partial charge on any atom is 0.586 e. The smallest absolute Gasteiger partial charge is 0.395 e. The van der Waals surface area contributed by atoms with Crippen LogP contribution in [0.3, 0.4) is 0 Å². The van der Waals surface area contributed by atoms with Crippen LogP contribution in [0, 0.1) is 6.92 Å². The first-order valence-electron chi connectivity index (χ1n) is 8.88. The second kappa shape index (κ2) is 6.48. The zero-order chi connectivity index (χ0) is 20.9. The molecule has 3 aromatic heterocycles. The molecule has 0 aliphatic carbocycles. The fourth-order valence-electron chi connectivity index (χ4n) is 3.21. The Bertz CT molecular complexity index is 1330. The van der Waals surface area contributed by atoms with E-state index in [0.717, 1.165) is 5.69 Å². The van der Waals surface area contributed by atoms with Crippen LogP contribution in [0.2, 0.25) is 0 Å². The predicted octanol–water partition coefficient (Wildman–Crippen LogP) is 3.11. The summed E-state index contributed by atoms with van der Waals surface area (Å²) in [4.78, 5) is 16.7. The number of hydrogen-bond donors (Lipinski definition) is 0. The fourth-order valence-corrected chi connectivity index (χ4v) is 3.21. The van der Waals surface area contributed by atoms with Gasteiger partial charge in [-0.1, -0.05) is 6.07 Å². The molecular weight excluding hydrogens is 396 g/mol. The lowest BCUT2D eigenvalue weighted by Gasteiger charge is -2.11. The summed E-state index contributed by atoms with van der Waals surface area (Å²) in [5, 5.41) is 8.65. The third kappa shape index (κ3) is 2.98. The summed E-state index contributed by atoms with van der Waals surface area (Å²) < 4.78 is 39.0. The van der Waals surface area contributed by atoms with E-state index < -0.39 is 6.29 Å². The van der Waals surface area contributed by atoms with Gasteiger partial charge in [0.1, 0.15) is 5.69 Å². The molecule has 150 valence electrons. The summed E-state index contributed by atoms with van der Waals surface area (Å²) in [6.07, 6.45) is 0.787. The molecule has 8 nitrogen and oxygen atoms in total. The quantitative estimate of drug-likeness (QED) is 0.517. The van der Waals surface area contributed by atoms with E-state index in [-0.39, 0.29) is 28.3 Å². The van der Waals surface area contributed by atoms with Gasteiger partial charge in [0.15, 0.2) is 17.2 Å². The summed E-state index contributed by atoms with van der Waals surface area (Å²) in [7, 11) is 0. The number of pyridine rings is 1. The highest BCUT2D eigenvalue weighted by Crippen LogP contribution is 2.44. The molecule has 1 aliphatic rings. The van der Waals surface area contributed by atoms with Crippen LogP contribution >= 0.6 is 0 Å². The van der Waals surface area contributed by atoms with Crippen LogP contribution in [-0.4, -0.2) is 30.8 Å². The van der Waals surface area contributed by atoms with Crippen LogP contribution in [0.5, 0.6) is 11.5 Å². The Hall–Kier alpha value is -4.08. The van der Waals surface area contributed by atoms with Crippen molar-refractivity contribution < 1.29 is 18.3 Å². The zero-order valence-corrected chi connectivity index (χ0v) is 15.5. The van der Waals surface area contributed by atoms with Crippen molar-refractivity contribution in [3.8, 4) is 34.3 Å². The van der Waals surface area contributed by atoms with E-state index in [2.05, 4.69) is 24.7 Å². The monoisotopic (exact) mass is 409 g/mol. The van der Waals surface area contributed by atoms with Gasteiger partial charge in [-0.2, -0.15) is 10.2 Å². The van der Waals surface area contributed by atoms with Crippen LogP contribution in [0.4, 0.5) is 8.78 Å². The van der Waals surface area contributed by atoms with Crippen molar-refractivity contribution in [2.75, 3.05) is 0 Å². The number of aromatic nitrogens is 5. The molecule has 0 saturated carbocycles. The lowest BCUT2D eigenvalue weighted by Crippen LogP contribution is -2.26. The van der Waals surface area contributed by atoms with E-state index in [1.165, 1.54) is 35.1 Å². The lowest BCUT2D eigenvalue weighted by atomic mass is 10.2. The third-order valence-corrected chi connectivity index (χ3v) is 4.47. The van der Waals surface area contributed by atoms with Crippen LogP contribution in [0.15, 0.2) is 65.8 Å². The average molecular weight is 409 g/mol. The van der Waals surface area contributed by atoms with Crippen LogP contribution < -0.4 is 14.9 Å². The van der Waals surface area contributed by atoms with Gasteiger partial charge in [0, 0.05) is 24.2 Å². The number of para-hydroxylation sites is 1. The Balaban J connectivity index is 1.64. The van der Waals surface area contributed by atoms with Crippen molar-refractivity contribution in [1.29, 1.82) is 0 Å². The van der Waals surface area contributed by atoms with E-state index in [0.29, 0.717) is 11.4 Å². The Morgan fingerprint density at radius 1 is 1.07 bits per heavy atom. The number of ether oxygens (including phenoxy) is 2. The summed E-state index contributed by atoms with van der Waals surface area (Å²) >= 11 is 0. The number of rotatable bonds is 3. The van der Waals surface area contributed by atoms with Crippen molar-refractivity contribution in [3.05, 3.63) is 77.0 Å². The van der Waals surface area contributed by atoms with E-state index in [1.54, 1.807) is 29.2 Å². The molecule has 30 heavy (non-hydrogen) atoms. The number of benzene rings is 1. The zero-order valence-electron chi connectivity index (χ0n) is 15.5. The number of nitrogens with zero attached hydrogens (tertiary/aromatic N) is 5. The van der Waals surface area contributed by atoms with Crippen LogP contribution in [0.1, 0.15) is 5.69 Å². The largest absolute Gasteiger partial charge is 0.586 e. The molecule has 0 N–H and O–H groups in total. The van der Waals surface area contributed by atoms with Crippen molar-refractivity contribution in [2.24, 2.45) is 0 Å². The molecule has 1 aliphatic heterocycles. The Morgan fingerprint density at radius 3 is 2.77 bits per heavy atom. The molecule has 0 radical (unpaired) electrons. The second-order valence-electron chi connectivity index (χ2n) is 6.53. The van der Waals surface area contributed by atoms with Gasteiger partial charge in [-0.05, 0) is 37.3 Å². The van der Waals surface area contributed by atoms with Gasteiger partial charge in [0.2, 0.25) is 5.43 Å². The minimum absolute atomic E-state index is 0.0905. The van der Waals surface area contributed by atoms with Gasteiger partial charge in [-0.3, -0.25) is 9.78 Å². The molecule has 0 bridgehead atoms. The maximum atomic E-state index is 13.5. The molecule has 10 heteroatoms. The molecule has 0 atom stereocenters. The Kier molecular flexibility index (Phi) is 3.88. The molecule has 0 spiro atoms. The van der Waals surface area contributed by atoms with E-state index >= 15 is 0 Å². The standard InChI is InChI=1S/C20H13F2N5O3/c1-12-11-13(5-8-23-12)27-14(6-9-24-27)18-16(28)7-10-26(25-18)15-3-2-4-17-19(15)30-20(21,22)29-17/h2-11H,1H3. The number of aryl methyl sites for hydroxylation is 1. The Labute approximate surface area is 167 Å². The van der Waals surface area contributed by atoms with Gasteiger partial charge >= 0.3 is 6.29 Å². The fraction of sp³-hybridized carbons (Fsp3) is 0.100. The minimum atomic E-state index is -3.77. The molecule has 4 heterocycles. The van der Waals surface area contributed by atoms with Crippen LogP contribution in [-0.2, 0) is 0 Å². The molecule has 0 unspecified atom stereocenters. The molecule has 4 aromatic rings. The Morgan fingerprint density at radius 2 is 1.93 bits per heavy atom. The summed E-state index contributed by atoms with van der Waals surface area (Å²) in [6, 6.07) is 10.9. The molecule has 0 amide bonds. The summed E-state index contributed by atoms with van der Waals surface area (Å²) in [6.45, 7) is 1.84. The van der Waals surface area contributed by atoms with Gasteiger partial charge in [-0.15, -0.1) is 8.78 Å². The van der Waals surface area contributed by atoms with Crippen LogP contribution in [0.25, 0.3) is 22.8 Å². The highest BCUT2D eigenvalue weighted by atomic mass is 19.3. The van der Waals surface area contributed by atoms with E-state index in [1.807, 2.05) is 13.0 Å². The number of hydrogen-bond acceptors (Lipinski definition) is 6. The molecule has 0 saturated heterocycles. The van der Waals surface area contributed by atoms with E-state index in [9.17, 15) is 13.6 Å². The van der Waals surface area contributed by atoms with Gasteiger partial charge < -0.3 is 9.47 Å². The first-order chi connectivity index (χ1) is 14.4. The second-order valence-corrected chi connectivity index (χ2v) is 6.53. The molecular formula is C20H13F2N5O3. The summed E-state index contributed by atoms with van der Waals surface area (Å²) in [5.41, 5.74) is 1.87. The SMILES string of the molecule is Cc1cc(-n2nccc2-c2nn(-c3cccc4c3OC(F)(F)O4)ccc2=O)ccn1. The number of halogens is 2. The average Bonchev–Trinajstić information content (AvgIpc) is 3.31. The van der Waals surface area contributed by atoms with Gasteiger partial charge in [0.25, 0.3) is 0 Å². The normalized spacial score (nSPS) is 14.1. The van der Waals surface area contributed by atoms with Gasteiger partial charge in [0.05, 0.1) is 17.6 Å². The minimum Gasteiger partial charge on any atom is -0.395 e. The highest BCUT2D eigenvalue weighted by Gasteiger charge is 2.44. The number of fused-ring (bicyclic) bond motifs is 1. The van der Waals surface area contributed by atoms with Crippen molar-refractivity contribution in [2.45, 2.75) is 13.2 Å². The van der Waals surface area contributed by atoms with E-state index in [4.69, 9.17) is 0 Å². The highest BCUT2D eigenvalue weighted by molar-refractivity contribution is 5.60. The van der Waals surface area contributed by atoms with Crippen molar-refractivity contribution >= 4 is 0 Å². The first-order valence-corrected chi connectivity index (χ1v) is 8.88. The van der Waals surface area contributed by atoms with Crippen molar-refractivity contribution in [3.63, 3.8) is 0 Å². The third-order valence-electron chi connectivity index (χ3n) is 4.47. The predicted molar refractivity (Wildman–Crippen MR) is 101 cm³/mol. The van der Waals surface area contributed by atoms with Gasteiger partial charge in [-0.25, -0.2) is 9.36 Å². The topological polar surface area (TPSA) is 84.1 Å².